The molecule has 30 heavy (non-hydrogen) atoms. The second kappa shape index (κ2) is 22.0. The van der Waals surface area contributed by atoms with E-state index in [1.165, 1.54) is 35.2 Å². The molecule has 174 valence electrons. The lowest BCUT2D eigenvalue weighted by atomic mass is 10.1. The molecule has 3 nitrogen and oxygen atoms in total. The van der Waals surface area contributed by atoms with Gasteiger partial charge in [0.05, 0.1) is 5.56 Å². The minimum Gasteiger partial charge on any atom is -0.492 e. The quantitative estimate of drug-likeness (QED) is 0.253. The van der Waals surface area contributed by atoms with Crippen LogP contribution in [0.1, 0.15) is 46.6 Å². The van der Waals surface area contributed by atoms with E-state index in [2.05, 4.69) is 44.2 Å². The maximum atomic E-state index is 12.2. The molecule has 0 unspecified atom stereocenters. The molecule has 0 aliphatic rings. The first-order valence-corrected chi connectivity index (χ1v) is 11.0. The summed E-state index contributed by atoms with van der Waals surface area (Å²) in [6.07, 6.45) is 4.71. The number of benzene rings is 1. The van der Waals surface area contributed by atoms with Gasteiger partial charge in [0.2, 0.25) is 0 Å². The summed E-state index contributed by atoms with van der Waals surface area (Å²) < 4.78 is 44.9. The number of ether oxygens (including phenoxy) is 1. The van der Waals surface area contributed by atoms with Crippen molar-refractivity contribution in [2.45, 2.75) is 47.2 Å². The molecule has 0 aliphatic heterocycles. The zero-order chi connectivity index (χ0) is 24.0. The van der Waals surface area contributed by atoms with Gasteiger partial charge in [-0.3, -0.25) is 4.72 Å². The van der Waals surface area contributed by atoms with E-state index in [4.69, 9.17) is 9.84 Å². The van der Waals surface area contributed by atoms with Crippen molar-refractivity contribution in [3.8, 4) is 5.75 Å². The van der Waals surface area contributed by atoms with Crippen LogP contribution < -0.4 is 9.46 Å². The number of halogens is 3. The third kappa shape index (κ3) is 17.2. The van der Waals surface area contributed by atoms with Gasteiger partial charge in [-0.25, -0.2) is 0 Å². The molecular formula is C23H38F3NO2S. The number of hydrogen-bond donors (Lipinski definition) is 2. The Balaban J connectivity index is -0.000000449. The summed E-state index contributed by atoms with van der Waals surface area (Å²) in [4.78, 5) is 0. The number of hydrogen-bond acceptors (Lipinski definition) is 4. The highest BCUT2D eigenvalue weighted by atomic mass is 32.2. The van der Waals surface area contributed by atoms with E-state index in [-0.39, 0.29) is 0 Å². The van der Waals surface area contributed by atoms with Crippen LogP contribution in [-0.4, -0.2) is 31.6 Å². The largest absolute Gasteiger partial charge is 0.492 e. The van der Waals surface area contributed by atoms with Crippen molar-refractivity contribution >= 4 is 11.9 Å². The Bertz CT molecular complexity index is 583. The fraction of sp³-hybridized carbons (Fsp3) is 0.478. The maximum Gasteiger partial charge on any atom is 0.416 e. The minimum atomic E-state index is -4.29. The smallest absolute Gasteiger partial charge is 0.416 e. The van der Waals surface area contributed by atoms with Crippen LogP contribution in [0.25, 0.3) is 0 Å². The van der Waals surface area contributed by atoms with E-state index >= 15 is 0 Å². The van der Waals surface area contributed by atoms with E-state index in [1.54, 1.807) is 0 Å². The molecule has 0 bridgehead atoms. The maximum absolute atomic E-state index is 12.2. The summed E-state index contributed by atoms with van der Waals surface area (Å²) in [6, 6.07) is 4.67. The Morgan fingerprint density at radius 2 is 1.73 bits per heavy atom. The van der Waals surface area contributed by atoms with Gasteiger partial charge in [0.15, 0.2) is 0 Å². The Kier molecular flexibility index (Phi) is 24.2. The minimum absolute atomic E-state index is 0.423. The van der Waals surface area contributed by atoms with Crippen LogP contribution in [0, 0.1) is 0 Å². The normalized spacial score (nSPS) is 11.0. The van der Waals surface area contributed by atoms with Crippen molar-refractivity contribution in [2.24, 2.45) is 0 Å². The standard InChI is InChI=1S/C10H12F3NOS.C10H16.C2H6.CH4O/c1-16-14-6-7-15-9-4-2-8(3-5-9)10(11,12)13;1-5-8-10(7-3)9(4)6-2;2*1-2/h2-5,14H,6-7H2,1H3;5-6,8H,1,7H2,2-4H3;1-2H3;2H,1H3/b;9-6+,10-8-;;. The average Bonchev–Trinajstić information content (AvgIpc) is 2.77. The molecule has 0 amide bonds. The van der Waals surface area contributed by atoms with E-state index < -0.39 is 11.7 Å². The number of alkyl halides is 3. The molecular weight excluding hydrogens is 411 g/mol. The summed E-state index contributed by atoms with van der Waals surface area (Å²) in [7, 11) is 1.00. The fourth-order valence-corrected chi connectivity index (χ4v) is 2.20. The number of aliphatic hydroxyl groups is 1. The molecule has 0 spiro atoms. The lowest BCUT2D eigenvalue weighted by molar-refractivity contribution is -0.137. The van der Waals surface area contributed by atoms with Crippen LogP contribution in [0.15, 0.2) is 60.2 Å². The number of rotatable bonds is 8. The van der Waals surface area contributed by atoms with Gasteiger partial charge in [0.25, 0.3) is 0 Å². The third-order valence-electron chi connectivity index (χ3n) is 3.44. The molecule has 2 N–H and O–H groups in total. The van der Waals surface area contributed by atoms with E-state index in [9.17, 15) is 13.2 Å². The van der Waals surface area contributed by atoms with E-state index in [0.717, 1.165) is 25.7 Å². The number of aliphatic hydroxyl groups excluding tert-OH is 1. The second-order valence-electron chi connectivity index (χ2n) is 5.22. The lowest BCUT2D eigenvalue weighted by Crippen LogP contribution is -2.14. The SMILES string of the molecule is C=C/C=C(CC)\C(C)=C\C.CC.CO.CSNCCOc1ccc(C(F)(F)F)cc1. The molecule has 7 heteroatoms. The van der Waals surface area contributed by atoms with Gasteiger partial charge < -0.3 is 9.84 Å². The van der Waals surface area contributed by atoms with Crippen molar-refractivity contribution in [2.75, 3.05) is 26.5 Å². The summed E-state index contributed by atoms with van der Waals surface area (Å²) >= 11 is 1.46. The van der Waals surface area contributed by atoms with Crippen LogP contribution in [-0.2, 0) is 6.18 Å². The van der Waals surface area contributed by atoms with Gasteiger partial charge in [0.1, 0.15) is 12.4 Å². The van der Waals surface area contributed by atoms with Crippen molar-refractivity contribution in [1.82, 2.24) is 4.72 Å². The van der Waals surface area contributed by atoms with Crippen LogP contribution in [0.4, 0.5) is 13.2 Å². The zero-order valence-corrected chi connectivity index (χ0v) is 20.1. The predicted molar refractivity (Wildman–Crippen MR) is 126 cm³/mol. The molecule has 1 aromatic carbocycles. The van der Waals surface area contributed by atoms with Crippen LogP contribution >= 0.6 is 11.9 Å². The summed E-state index contributed by atoms with van der Waals surface area (Å²) in [6.45, 7) is 15.1. The molecule has 1 aromatic rings. The predicted octanol–water partition coefficient (Wildman–Crippen LogP) is 7.06. The van der Waals surface area contributed by atoms with Crippen LogP contribution in [0.3, 0.4) is 0 Å². The zero-order valence-electron chi connectivity index (χ0n) is 19.3. The first-order valence-electron chi connectivity index (χ1n) is 9.75. The van der Waals surface area contributed by atoms with Crippen molar-refractivity contribution in [1.29, 1.82) is 0 Å². The highest BCUT2D eigenvalue weighted by Gasteiger charge is 2.29. The summed E-state index contributed by atoms with van der Waals surface area (Å²) in [5.41, 5.74) is 2.06. The Labute approximate surface area is 185 Å². The molecule has 0 saturated carbocycles. The number of allylic oxidation sites excluding steroid dienone is 5. The van der Waals surface area contributed by atoms with Gasteiger partial charge in [-0.1, -0.05) is 63.1 Å². The topological polar surface area (TPSA) is 41.5 Å². The van der Waals surface area contributed by atoms with Gasteiger partial charge in [-0.05, 0) is 56.4 Å². The fourth-order valence-electron chi connectivity index (χ4n) is 1.91. The Morgan fingerprint density at radius 1 is 1.20 bits per heavy atom. The van der Waals surface area contributed by atoms with E-state index in [0.29, 0.717) is 18.9 Å². The van der Waals surface area contributed by atoms with E-state index in [1.807, 2.05) is 26.2 Å². The summed E-state index contributed by atoms with van der Waals surface area (Å²) in [5.74, 6) is 0.441. The second-order valence-corrected chi connectivity index (χ2v) is 5.92. The Hall–Kier alpha value is -1.70. The molecule has 1 rings (SSSR count). The first-order chi connectivity index (χ1) is 14.3. The molecule has 0 fully saturated rings. The monoisotopic (exact) mass is 449 g/mol. The third-order valence-corrected chi connectivity index (χ3v) is 3.93. The number of nitrogens with one attached hydrogen (secondary N) is 1. The molecule has 0 saturated heterocycles. The van der Waals surface area contributed by atoms with Crippen molar-refractivity contribution in [3.05, 3.63) is 65.8 Å². The molecule has 0 atom stereocenters. The lowest BCUT2D eigenvalue weighted by Gasteiger charge is -2.09. The molecule has 0 aromatic heterocycles. The van der Waals surface area contributed by atoms with Gasteiger partial charge in [-0.2, -0.15) is 13.2 Å². The van der Waals surface area contributed by atoms with Gasteiger partial charge >= 0.3 is 6.18 Å². The van der Waals surface area contributed by atoms with Crippen LogP contribution in [0.2, 0.25) is 0 Å². The van der Waals surface area contributed by atoms with Crippen molar-refractivity contribution in [3.63, 3.8) is 0 Å². The van der Waals surface area contributed by atoms with Crippen LogP contribution in [0.5, 0.6) is 5.75 Å². The Morgan fingerprint density at radius 3 is 2.10 bits per heavy atom. The molecule has 0 radical (unpaired) electrons. The molecule has 0 heterocycles. The highest BCUT2D eigenvalue weighted by Crippen LogP contribution is 2.30. The highest BCUT2D eigenvalue weighted by molar-refractivity contribution is 7.96. The molecule has 0 aliphatic carbocycles. The van der Waals surface area contributed by atoms with Crippen molar-refractivity contribution < 1.29 is 23.0 Å². The first kappa shape index (κ1) is 33.0. The summed E-state index contributed by atoms with van der Waals surface area (Å²) in [5, 5.41) is 7.00. The average molecular weight is 450 g/mol. The van der Waals surface area contributed by atoms with Gasteiger partial charge in [-0.15, -0.1) is 0 Å². The van der Waals surface area contributed by atoms with Gasteiger partial charge in [0, 0.05) is 13.7 Å².